The fourth-order valence-corrected chi connectivity index (χ4v) is 1.01. The first-order chi connectivity index (χ1) is 6.51. The summed E-state index contributed by atoms with van der Waals surface area (Å²) in [4.78, 5) is 3.81. The van der Waals surface area contributed by atoms with Crippen LogP contribution in [0.15, 0.2) is 24.3 Å². The van der Waals surface area contributed by atoms with Crippen LogP contribution in [0.2, 0.25) is 0 Å². The van der Waals surface area contributed by atoms with Crippen molar-refractivity contribution in [2.45, 2.75) is 13.3 Å². The van der Waals surface area contributed by atoms with E-state index in [1.54, 1.807) is 12.1 Å². The van der Waals surface area contributed by atoms with E-state index in [-0.39, 0.29) is 57.4 Å². The minimum atomic E-state index is -4.87. The van der Waals surface area contributed by atoms with Crippen molar-refractivity contribution in [3.63, 3.8) is 0 Å². The second kappa shape index (κ2) is 6.86. The Kier molecular flexibility index (Phi) is 7.03. The number of rotatable bonds is 3. The number of aryl methyl sites for hydroxylation is 1. The summed E-state index contributed by atoms with van der Waals surface area (Å²) in [5, 5.41) is 0. The number of hydrogen-bond acceptors (Lipinski definition) is 1. The number of aromatic nitrogens is 1. The minimum absolute atomic E-state index is 0. The van der Waals surface area contributed by atoms with Gasteiger partial charge in [-0.3, -0.25) is 4.98 Å². The molecule has 1 nitrogen and oxygen atoms in total. The summed E-state index contributed by atoms with van der Waals surface area (Å²) < 4.78 is 35.6. The Hall–Kier alpha value is 0.381. The first-order valence-corrected chi connectivity index (χ1v) is 4.35. The van der Waals surface area contributed by atoms with E-state index in [2.05, 4.69) is 4.98 Å². The maximum Gasteiger partial charge on any atom is 1.00 e. The van der Waals surface area contributed by atoms with Crippen molar-refractivity contribution >= 4 is 13.1 Å². The smallest absolute Gasteiger partial charge is 0.445 e. The molecule has 0 aromatic carbocycles. The van der Waals surface area contributed by atoms with E-state index < -0.39 is 6.98 Å². The zero-order valence-electron chi connectivity index (χ0n) is 8.75. The van der Waals surface area contributed by atoms with Gasteiger partial charge in [-0.1, -0.05) is 13.0 Å². The van der Waals surface area contributed by atoms with Crippen LogP contribution in [0.1, 0.15) is 18.2 Å². The van der Waals surface area contributed by atoms with Crippen LogP contribution < -0.4 is 51.4 Å². The van der Waals surface area contributed by atoms with Crippen molar-refractivity contribution in [1.29, 1.82) is 0 Å². The van der Waals surface area contributed by atoms with E-state index in [4.69, 9.17) is 0 Å². The third-order valence-electron chi connectivity index (χ3n) is 1.74. The zero-order chi connectivity index (χ0) is 10.6. The Balaban J connectivity index is 0.00000196. The topological polar surface area (TPSA) is 12.9 Å². The molecule has 6 heteroatoms. The number of halogens is 3. The molecule has 0 unspecified atom stereocenters. The van der Waals surface area contributed by atoms with E-state index in [0.29, 0.717) is 5.69 Å². The van der Waals surface area contributed by atoms with Crippen molar-refractivity contribution in [3.8, 4) is 0 Å². The van der Waals surface area contributed by atoms with Gasteiger partial charge < -0.3 is 12.9 Å². The summed E-state index contributed by atoms with van der Waals surface area (Å²) in [5.74, 6) is 0.252. The summed E-state index contributed by atoms with van der Waals surface area (Å²) in [6.07, 6.45) is 3.31. The van der Waals surface area contributed by atoms with Gasteiger partial charge in [-0.15, -0.1) is 5.98 Å². The van der Waals surface area contributed by atoms with Crippen LogP contribution in [0.3, 0.4) is 0 Å². The van der Waals surface area contributed by atoms with E-state index in [0.717, 1.165) is 18.1 Å². The largest absolute Gasteiger partial charge is 1.00 e. The number of hydrogen-bond donors (Lipinski definition) is 0. The second-order valence-corrected chi connectivity index (χ2v) is 2.93. The minimum Gasteiger partial charge on any atom is -0.445 e. The van der Waals surface area contributed by atoms with E-state index in [1.807, 2.05) is 6.92 Å². The van der Waals surface area contributed by atoms with E-state index in [9.17, 15) is 12.9 Å². The van der Waals surface area contributed by atoms with Gasteiger partial charge in [0.2, 0.25) is 0 Å². The molecular weight excluding hydrogens is 229 g/mol. The molecule has 0 atom stereocenters. The SMILES string of the molecule is CCc1ccnc(/C=C/[B-](F)(F)F)c1.[K+]. The van der Waals surface area contributed by atoms with Crippen LogP contribution >= 0.6 is 0 Å². The van der Waals surface area contributed by atoms with Crippen molar-refractivity contribution in [3.05, 3.63) is 35.6 Å². The fourth-order valence-electron chi connectivity index (χ4n) is 1.01. The number of pyridine rings is 1. The molecule has 76 valence electrons. The van der Waals surface area contributed by atoms with Crippen molar-refractivity contribution in [1.82, 2.24) is 4.98 Å². The third-order valence-corrected chi connectivity index (χ3v) is 1.74. The third kappa shape index (κ3) is 6.52. The zero-order valence-corrected chi connectivity index (χ0v) is 11.9. The Bertz CT molecular complexity index is 338. The van der Waals surface area contributed by atoms with Gasteiger partial charge in [0.25, 0.3) is 0 Å². The average Bonchev–Trinajstić information content (AvgIpc) is 2.14. The Labute approximate surface area is 130 Å². The van der Waals surface area contributed by atoms with Gasteiger partial charge in [-0.05, 0) is 24.1 Å². The number of nitrogens with zero attached hydrogens (tertiary/aromatic N) is 1. The molecule has 0 aliphatic carbocycles. The van der Waals surface area contributed by atoms with E-state index in [1.165, 1.54) is 6.20 Å². The van der Waals surface area contributed by atoms with Crippen LogP contribution in [0, 0.1) is 0 Å². The maximum absolute atomic E-state index is 11.9. The van der Waals surface area contributed by atoms with Crippen LogP contribution in [0.25, 0.3) is 6.08 Å². The first-order valence-electron chi connectivity index (χ1n) is 4.35. The maximum atomic E-state index is 11.9. The van der Waals surface area contributed by atoms with Gasteiger partial charge in [0, 0.05) is 6.20 Å². The molecule has 0 saturated heterocycles. The van der Waals surface area contributed by atoms with Gasteiger partial charge in [0.1, 0.15) is 0 Å². The van der Waals surface area contributed by atoms with E-state index >= 15 is 0 Å². The Morgan fingerprint density at radius 1 is 1.40 bits per heavy atom. The van der Waals surface area contributed by atoms with Crippen molar-refractivity contribution in [2.75, 3.05) is 0 Å². The molecule has 1 aromatic heterocycles. The van der Waals surface area contributed by atoms with Crippen LogP contribution in [-0.4, -0.2) is 12.0 Å². The summed E-state index contributed by atoms with van der Waals surface area (Å²) in [6, 6.07) is 3.44. The fraction of sp³-hybridized carbons (Fsp3) is 0.222. The molecular formula is C9H10BF3KN. The predicted molar refractivity (Wildman–Crippen MR) is 51.7 cm³/mol. The molecule has 1 heterocycles. The second-order valence-electron chi connectivity index (χ2n) is 2.93. The Morgan fingerprint density at radius 3 is 2.60 bits per heavy atom. The molecule has 1 aromatic rings. The van der Waals surface area contributed by atoms with Gasteiger partial charge in [-0.25, -0.2) is 0 Å². The van der Waals surface area contributed by atoms with Crippen LogP contribution in [0.5, 0.6) is 0 Å². The van der Waals surface area contributed by atoms with Gasteiger partial charge in [-0.2, -0.15) is 0 Å². The molecule has 0 spiro atoms. The molecule has 0 amide bonds. The average molecular weight is 239 g/mol. The predicted octanol–water partition coefficient (Wildman–Crippen LogP) is 0.0478. The first kappa shape index (κ1) is 15.4. The standard InChI is InChI=1S/C9H10BF3N.K/c1-2-8-4-6-14-9(7-8)3-5-10(11,12)13;/h3-7H,2H2,1H3;/q-1;+1/b5-3+;. The molecule has 0 N–H and O–H groups in total. The molecule has 15 heavy (non-hydrogen) atoms. The van der Waals surface area contributed by atoms with Gasteiger partial charge in [0.05, 0.1) is 5.69 Å². The summed E-state index contributed by atoms with van der Waals surface area (Å²) in [5.41, 5.74) is 1.33. The molecule has 0 bridgehead atoms. The van der Waals surface area contributed by atoms with Gasteiger partial charge in [0.15, 0.2) is 0 Å². The summed E-state index contributed by atoms with van der Waals surface area (Å²) >= 11 is 0. The molecule has 0 fully saturated rings. The summed E-state index contributed by atoms with van der Waals surface area (Å²) in [7, 11) is 0. The van der Waals surface area contributed by atoms with Crippen molar-refractivity contribution < 1.29 is 64.3 Å². The normalized spacial score (nSPS) is 11.5. The monoisotopic (exact) mass is 239 g/mol. The molecule has 0 radical (unpaired) electrons. The Morgan fingerprint density at radius 2 is 2.07 bits per heavy atom. The quantitative estimate of drug-likeness (QED) is 0.679. The summed E-state index contributed by atoms with van der Waals surface area (Å²) in [6.45, 7) is -2.92. The van der Waals surface area contributed by atoms with Crippen LogP contribution in [0.4, 0.5) is 12.9 Å². The molecule has 0 aliphatic heterocycles. The van der Waals surface area contributed by atoms with Crippen molar-refractivity contribution in [2.24, 2.45) is 0 Å². The molecule has 0 aliphatic rings. The van der Waals surface area contributed by atoms with Crippen LogP contribution in [-0.2, 0) is 6.42 Å². The molecule has 1 rings (SSSR count). The van der Waals surface area contributed by atoms with Gasteiger partial charge >= 0.3 is 58.4 Å². The molecule has 0 saturated carbocycles.